The van der Waals surface area contributed by atoms with Gasteiger partial charge in [0.1, 0.15) is 6.54 Å². The summed E-state index contributed by atoms with van der Waals surface area (Å²) in [5.74, 6) is -2.14. The molecule has 1 aromatic rings. The smallest absolute Gasteiger partial charge is 0.334 e. The molecule has 25 heavy (non-hydrogen) atoms. The molecule has 0 unspecified atom stereocenters. The highest BCUT2D eigenvalue weighted by molar-refractivity contribution is 6.45. The van der Waals surface area contributed by atoms with Gasteiger partial charge in [-0.3, -0.25) is 19.3 Å². The lowest BCUT2D eigenvalue weighted by molar-refractivity contribution is -0.144. The summed E-state index contributed by atoms with van der Waals surface area (Å²) in [6.45, 7) is 2.26. The molecule has 130 valence electrons. The van der Waals surface area contributed by atoms with Crippen molar-refractivity contribution in [3.05, 3.63) is 42.0 Å². The Balaban J connectivity index is 1.64. The van der Waals surface area contributed by atoms with Gasteiger partial charge in [-0.15, -0.1) is 0 Å². The van der Waals surface area contributed by atoms with Crippen molar-refractivity contribution < 1.29 is 19.2 Å². The summed E-state index contributed by atoms with van der Waals surface area (Å²) in [4.78, 5) is 51.2. The average Bonchev–Trinajstić information content (AvgIpc) is 2.85. The number of hydrogen-bond donors (Lipinski definition) is 0. The third-order valence-electron chi connectivity index (χ3n) is 4.45. The highest BCUT2D eigenvalue weighted by Gasteiger charge is 2.44. The topological polar surface area (TPSA) is 78.0 Å². The van der Waals surface area contributed by atoms with E-state index in [1.165, 1.54) is 5.57 Å². The minimum atomic E-state index is -0.933. The molecule has 2 aliphatic heterocycles. The summed E-state index contributed by atoms with van der Waals surface area (Å²) < 4.78 is 0. The molecule has 7 heteroatoms. The standard InChI is InChI=1S/C18H19N3O4/c1-2-20-16(23)17(24)21(18(20)25)12-15(22)19-10-8-14(9-11-19)13-6-4-3-5-7-13/h3-8H,2,9-12H2,1H3. The van der Waals surface area contributed by atoms with E-state index in [-0.39, 0.29) is 12.5 Å². The number of urea groups is 1. The zero-order valence-corrected chi connectivity index (χ0v) is 14.0. The molecule has 0 spiro atoms. The van der Waals surface area contributed by atoms with Crippen LogP contribution in [0.1, 0.15) is 18.9 Å². The highest BCUT2D eigenvalue weighted by Crippen LogP contribution is 2.22. The van der Waals surface area contributed by atoms with E-state index in [9.17, 15) is 19.2 Å². The Labute approximate surface area is 145 Å². The molecule has 2 heterocycles. The Kier molecular flexibility index (Phi) is 4.65. The van der Waals surface area contributed by atoms with Crippen LogP contribution in [0.5, 0.6) is 0 Å². The molecule has 0 saturated carbocycles. The van der Waals surface area contributed by atoms with Crippen LogP contribution in [-0.4, -0.2) is 64.6 Å². The number of imide groups is 2. The summed E-state index contributed by atoms with van der Waals surface area (Å²) >= 11 is 0. The number of carbonyl (C=O) groups is 4. The molecule has 5 amide bonds. The first kappa shape index (κ1) is 16.9. The lowest BCUT2D eigenvalue weighted by Gasteiger charge is -2.28. The van der Waals surface area contributed by atoms with Gasteiger partial charge in [0.2, 0.25) is 5.91 Å². The quantitative estimate of drug-likeness (QED) is 0.607. The Morgan fingerprint density at radius 3 is 2.28 bits per heavy atom. The molecule has 1 saturated heterocycles. The van der Waals surface area contributed by atoms with Gasteiger partial charge in [0.25, 0.3) is 0 Å². The van der Waals surface area contributed by atoms with Gasteiger partial charge < -0.3 is 4.90 Å². The minimum Gasteiger partial charge on any atom is -0.337 e. The molecular weight excluding hydrogens is 322 g/mol. The van der Waals surface area contributed by atoms with Gasteiger partial charge in [0.05, 0.1) is 0 Å². The summed E-state index contributed by atoms with van der Waals surface area (Å²) in [6, 6.07) is 9.21. The van der Waals surface area contributed by atoms with Gasteiger partial charge in [-0.2, -0.15) is 0 Å². The fraction of sp³-hybridized carbons (Fsp3) is 0.333. The Morgan fingerprint density at radius 1 is 1.04 bits per heavy atom. The number of rotatable bonds is 4. The first-order chi connectivity index (χ1) is 12.0. The van der Waals surface area contributed by atoms with Crippen LogP contribution in [0.4, 0.5) is 4.79 Å². The van der Waals surface area contributed by atoms with Crippen molar-refractivity contribution in [2.75, 3.05) is 26.2 Å². The van der Waals surface area contributed by atoms with E-state index in [1.54, 1.807) is 11.8 Å². The highest BCUT2D eigenvalue weighted by atomic mass is 16.2. The second-order valence-corrected chi connectivity index (χ2v) is 5.91. The SMILES string of the molecule is CCN1C(=O)C(=O)N(CC(=O)N2CC=C(c3ccccc3)CC2)C1=O. The predicted octanol–water partition coefficient (Wildman–Crippen LogP) is 1.11. The van der Waals surface area contributed by atoms with Crippen molar-refractivity contribution in [3.8, 4) is 0 Å². The van der Waals surface area contributed by atoms with Crippen LogP contribution >= 0.6 is 0 Å². The van der Waals surface area contributed by atoms with Crippen molar-refractivity contribution in [1.29, 1.82) is 0 Å². The molecule has 1 aromatic carbocycles. The van der Waals surface area contributed by atoms with E-state index < -0.39 is 24.4 Å². The first-order valence-corrected chi connectivity index (χ1v) is 8.22. The second-order valence-electron chi connectivity index (χ2n) is 5.91. The van der Waals surface area contributed by atoms with E-state index in [0.717, 1.165) is 15.4 Å². The van der Waals surface area contributed by atoms with Crippen LogP contribution in [0.2, 0.25) is 0 Å². The lowest BCUT2D eigenvalue weighted by atomic mass is 9.99. The number of hydrogen-bond acceptors (Lipinski definition) is 4. The molecule has 0 aromatic heterocycles. The number of nitrogens with zero attached hydrogens (tertiary/aromatic N) is 3. The van der Waals surface area contributed by atoms with E-state index in [2.05, 4.69) is 0 Å². The van der Waals surface area contributed by atoms with E-state index in [4.69, 9.17) is 0 Å². The largest absolute Gasteiger partial charge is 0.337 e. The van der Waals surface area contributed by atoms with Crippen molar-refractivity contribution in [1.82, 2.24) is 14.7 Å². The minimum absolute atomic E-state index is 0.112. The van der Waals surface area contributed by atoms with Crippen molar-refractivity contribution in [2.45, 2.75) is 13.3 Å². The van der Waals surface area contributed by atoms with E-state index in [1.807, 2.05) is 36.4 Å². The Bertz CT molecular complexity index is 757. The van der Waals surface area contributed by atoms with Crippen LogP contribution in [0, 0.1) is 0 Å². The van der Waals surface area contributed by atoms with Crippen LogP contribution < -0.4 is 0 Å². The number of carbonyl (C=O) groups excluding carboxylic acids is 4. The molecule has 0 aliphatic carbocycles. The molecule has 2 aliphatic rings. The molecule has 0 N–H and O–H groups in total. The van der Waals surface area contributed by atoms with Gasteiger partial charge in [0, 0.05) is 19.6 Å². The Morgan fingerprint density at radius 2 is 1.72 bits per heavy atom. The van der Waals surface area contributed by atoms with Crippen LogP contribution in [0.15, 0.2) is 36.4 Å². The normalized spacial score (nSPS) is 18.0. The Hall–Kier alpha value is -2.96. The maximum absolute atomic E-state index is 12.4. The molecule has 1 fully saturated rings. The maximum Gasteiger partial charge on any atom is 0.334 e. The van der Waals surface area contributed by atoms with E-state index in [0.29, 0.717) is 19.5 Å². The monoisotopic (exact) mass is 341 g/mol. The van der Waals surface area contributed by atoms with Crippen molar-refractivity contribution in [3.63, 3.8) is 0 Å². The fourth-order valence-electron chi connectivity index (χ4n) is 3.01. The summed E-state index contributed by atoms with van der Waals surface area (Å²) in [5.41, 5.74) is 2.30. The van der Waals surface area contributed by atoms with Crippen LogP contribution in [0.25, 0.3) is 5.57 Å². The van der Waals surface area contributed by atoms with Gasteiger partial charge in [-0.25, -0.2) is 9.69 Å². The summed E-state index contributed by atoms with van der Waals surface area (Å²) in [6.07, 6.45) is 2.69. The molecule has 0 radical (unpaired) electrons. The molecule has 3 rings (SSSR count). The van der Waals surface area contributed by atoms with Gasteiger partial charge >= 0.3 is 17.8 Å². The van der Waals surface area contributed by atoms with Crippen LogP contribution in [-0.2, 0) is 14.4 Å². The second kappa shape index (κ2) is 6.88. The fourth-order valence-corrected chi connectivity index (χ4v) is 3.01. The van der Waals surface area contributed by atoms with Crippen molar-refractivity contribution >= 4 is 29.3 Å². The van der Waals surface area contributed by atoms with Gasteiger partial charge in [-0.05, 0) is 24.5 Å². The number of likely N-dealkylation sites (N-methyl/N-ethyl adjacent to an activating group) is 1. The maximum atomic E-state index is 12.4. The third kappa shape index (κ3) is 3.17. The molecule has 0 bridgehead atoms. The zero-order valence-electron chi connectivity index (χ0n) is 14.0. The summed E-state index contributed by atoms with van der Waals surface area (Å²) in [5, 5.41) is 0. The van der Waals surface area contributed by atoms with Crippen molar-refractivity contribution in [2.24, 2.45) is 0 Å². The number of amides is 5. The van der Waals surface area contributed by atoms with Gasteiger partial charge in [0.15, 0.2) is 0 Å². The zero-order chi connectivity index (χ0) is 18.0. The molecule has 0 atom stereocenters. The average molecular weight is 341 g/mol. The lowest BCUT2D eigenvalue weighted by Crippen LogP contribution is -2.44. The van der Waals surface area contributed by atoms with E-state index >= 15 is 0 Å². The number of benzene rings is 1. The van der Waals surface area contributed by atoms with Crippen LogP contribution in [0.3, 0.4) is 0 Å². The third-order valence-corrected chi connectivity index (χ3v) is 4.45. The molecular formula is C18H19N3O4. The van der Waals surface area contributed by atoms with Gasteiger partial charge in [-0.1, -0.05) is 36.4 Å². The molecule has 7 nitrogen and oxygen atoms in total. The first-order valence-electron chi connectivity index (χ1n) is 8.22. The predicted molar refractivity (Wildman–Crippen MR) is 90.1 cm³/mol. The summed E-state index contributed by atoms with van der Waals surface area (Å²) in [7, 11) is 0.